The lowest BCUT2D eigenvalue weighted by molar-refractivity contribution is -0.140. The minimum absolute atomic E-state index is 0.0838. The maximum Gasteiger partial charge on any atom is 0.337 e. The molecule has 0 bridgehead atoms. The number of nitrogens with zero attached hydrogens (tertiary/aromatic N) is 1. The van der Waals surface area contributed by atoms with Gasteiger partial charge in [-0.2, -0.15) is 5.26 Å². The molecular formula is C25H35NO9. The quantitative estimate of drug-likeness (QED) is 0.0973. The van der Waals surface area contributed by atoms with Gasteiger partial charge in [0.05, 0.1) is 31.5 Å². The van der Waals surface area contributed by atoms with Crippen molar-refractivity contribution in [1.82, 2.24) is 0 Å². The average molecular weight is 494 g/mol. The van der Waals surface area contributed by atoms with Crippen LogP contribution in [0.2, 0.25) is 0 Å². The van der Waals surface area contributed by atoms with Gasteiger partial charge in [0.1, 0.15) is 6.61 Å². The van der Waals surface area contributed by atoms with E-state index in [0.717, 1.165) is 12.8 Å². The van der Waals surface area contributed by atoms with Gasteiger partial charge in [-0.15, -0.1) is 0 Å². The number of carboxylic acids is 1. The van der Waals surface area contributed by atoms with Crippen molar-refractivity contribution in [3.05, 3.63) is 60.8 Å². The second kappa shape index (κ2) is 24.7. The van der Waals surface area contributed by atoms with E-state index < -0.39 is 17.9 Å². The third-order valence-corrected chi connectivity index (χ3v) is 3.41. The molecule has 0 aliphatic heterocycles. The number of aliphatic hydroxyl groups is 1. The number of carbonyl (C=O) groups excluding carboxylic acids is 3. The molecule has 0 aliphatic carbocycles. The normalized spacial score (nSPS) is 9.74. The molecule has 0 spiro atoms. The Bertz CT molecular complexity index is 817. The lowest BCUT2D eigenvalue weighted by Crippen LogP contribution is -2.10. The van der Waals surface area contributed by atoms with Crippen LogP contribution in [0.1, 0.15) is 40.0 Å². The highest BCUT2D eigenvalue weighted by Crippen LogP contribution is 2.05. The van der Waals surface area contributed by atoms with Crippen LogP contribution in [0.4, 0.5) is 0 Å². The fourth-order valence-corrected chi connectivity index (χ4v) is 1.49. The molecule has 0 radical (unpaired) electrons. The van der Waals surface area contributed by atoms with Gasteiger partial charge in [0.15, 0.2) is 0 Å². The van der Waals surface area contributed by atoms with Crippen molar-refractivity contribution in [2.75, 3.05) is 26.4 Å². The van der Waals surface area contributed by atoms with Crippen LogP contribution in [-0.2, 0) is 33.4 Å². The maximum absolute atomic E-state index is 11.1. The number of aliphatic carboxylic acids is 1. The molecule has 0 rings (SSSR count). The van der Waals surface area contributed by atoms with Crippen molar-refractivity contribution in [3.63, 3.8) is 0 Å². The monoisotopic (exact) mass is 493 g/mol. The van der Waals surface area contributed by atoms with Crippen LogP contribution in [0.25, 0.3) is 0 Å². The smallest absolute Gasteiger partial charge is 0.337 e. The molecular weight excluding hydrogens is 458 g/mol. The summed E-state index contributed by atoms with van der Waals surface area (Å²) in [5.74, 6) is -2.48. The topological polar surface area (TPSA) is 160 Å². The molecule has 0 saturated heterocycles. The van der Waals surface area contributed by atoms with E-state index in [1.807, 2.05) is 6.92 Å². The Morgan fingerprint density at radius 3 is 2.11 bits per heavy atom. The molecule has 0 aromatic rings. The molecule has 0 unspecified atom stereocenters. The van der Waals surface area contributed by atoms with Crippen LogP contribution in [-0.4, -0.2) is 60.5 Å². The summed E-state index contributed by atoms with van der Waals surface area (Å²) in [5, 5.41) is 25.0. The standard InChI is InChI=1S/C10H14O5.C8H9NO2.C7H12O2/c1-7(9(12)13)3-4-8(2)10(14)15-6-5-11;1-3-11-8(10)7(2)5-4-6-9;1-3-5-6-9-7(8)4-2/h3,11H,2,4-6H2,1H3,(H,12,13);4-5H,2-3H2,1H3;4H,2-3,5-6H2,1H3. The summed E-state index contributed by atoms with van der Waals surface area (Å²) in [6, 6.07) is 1.75. The zero-order chi connectivity index (χ0) is 27.6. The summed E-state index contributed by atoms with van der Waals surface area (Å²) in [5.41, 5.74) is 0.489. The molecule has 0 amide bonds. The average Bonchev–Trinajstić information content (AvgIpc) is 2.84. The molecule has 10 heteroatoms. The minimum Gasteiger partial charge on any atom is -0.478 e. The fourth-order valence-electron chi connectivity index (χ4n) is 1.49. The zero-order valence-electron chi connectivity index (χ0n) is 20.6. The molecule has 0 heterocycles. The van der Waals surface area contributed by atoms with E-state index in [0.29, 0.717) is 13.2 Å². The molecule has 0 aromatic heterocycles. The Morgan fingerprint density at radius 2 is 1.66 bits per heavy atom. The van der Waals surface area contributed by atoms with Crippen molar-refractivity contribution in [1.29, 1.82) is 5.26 Å². The summed E-state index contributed by atoms with van der Waals surface area (Å²) in [6.07, 6.45) is 7.16. The van der Waals surface area contributed by atoms with Crippen molar-refractivity contribution >= 4 is 23.9 Å². The van der Waals surface area contributed by atoms with Crippen LogP contribution >= 0.6 is 0 Å². The summed E-state index contributed by atoms with van der Waals surface area (Å²) < 4.78 is 13.9. The van der Waals surface area contributed by atoms with Crippen LogP contribution in [0.15, 0.2) is 60.8 Å². The van der Waals surface area contributed by atoms with Gasteiger partial charge in [0, 0.05) is 23.3 Å². The summed E-state index contributed by atoms with van der Waals surface area (Å²) in [4.78, 5) is 42.6. The number of hydrogen-bond acceptors (Lipinski definition) is 9. The fraction of sp³-hybridized carbons (Fsp3) is 0.400. The predicted molar refractivity (Wildman–Crippen MR) is 130 cm³/mol. The van der Waals surface area contributed by atoms with E-state index >= 15 is 0 Å². The van der Waals surface area contributed by atoms with Crippen LogP contribution in [0.3, 0.4) is 0 Å². The van der Waals surface area contributed by atoms with Crippen molar-refractivity contribution in [2.24, 2.45) is 0 Å². The number of allylic oxidation sites excluding steroid dienone is 2. The Kier molecular flexibility index (Phi) is 25.1. The lowest BCUT2D eigenvalue weighted by Gasteiger charge is -2.03. The molecule has 2 N–H and O–H groups in total. The second-order valence-corrected chi connectivity index (χ2v) is 6.29. The molecule has 0 fully saturated rings. The van der Waals surface area contributed by atoms with Crippen molar-refractivity contribution in [3.8, 4) is 6.07 Å². The number of ether oxygens (including phenoxy) is 3. The first kappa shape index (κ1) is 35.6. The van der Waals surface area contributed by atoms with Gasteiger partial charge in [-0.25, -0.2) is 19.2 Å². The van der Waals surface area contributed by atoms with E-state index in [1.54, 1.807) is 13.0 Å². The summed E-state index contributed by atoms with van der Waals surface area (Å²) in [7, 11) is 0. The SMILES string of the molecule is C=C(C=CC#N)C(=O)OCC.C=C(CC=C(C)C(=O)O)C(=O)OCCO.C=CC(=O)OCCCC. The van der Waals surface area contributed by atoms with E-state index in [9.17, 15) is 19.2 Å². The minimum atomic E-state index is -1.04. The largest absolute Gasteiger partial charge is 0.478 e. The van der Waals surface area contributed by atoms with Gasteiger partial charge in [-0.3, -0.25) is 0 Å². The van der Waals surface area contributed by atoms with Crippen LogP contribution in [0, 0.1) is 11.3 Å². The number of unbranched alkanes of at least 4 members (excludes halogenated alkanes) is 1. The summed E-state index contributed by atoms with van der Waals surface area (Å²) >= 11 is 0. The van der Waals surface area contributed by atoms with Gasteiger partial charge in [-0.05, 0) is 32.8 Å². The van der Waals surface area contributed by atoms with E-state index in [-0.39, 0.29) is 42.3 Å². The number of rotatable bonds is 13. The maximum atomic E-state index is 11.1. The number of aliphatic hydroxyl groups excluding tert-OH is 1. The second-order valence-electron chi connectivity index (χ2n) is 6.29. The van der Waals surface area contributed by atoms with E-state index in [4.69, 9.17) is 15.5 Å². The van der Waals surface area contributed by atoms with Gasteiger partial charge in [0.2, 0.25) is 0 Å². The van der Waals surface area contributed by atoms with Gasteiger partial charge in [-0.1, -0.05) is 39.2 Å². The number of hydrogen-bond donors (Lipinski definition) is 2. The number of carboxylic acid groups (broad SMARTS) is 1. The molecule has 0 aliphatic rings. The summed E-state index contributed by atoms with van der Waals surface area (Å²) in [6.45, 7) is 15.8. The Morgan fingerprint density at radius 1 is 1.03 bits per heavy atom. The molecule has 35 heavy (non-hydrogen) atoms. The highest BCUT2D eigenvalue weighted by atomic mass is 16.5. The van der Waals surface area contributed by atoms with Gasteiger partial charge >= 0.3 is 23.9 Å². The highest BCUT2D eigenvalue weighted by Gasteiger charge is 2.07. The predicted octanol–water partition coefficient (Wildman–Crippen LogP) is 3.20. The highest BCUT2D eigenvalue weighted by molar-refractivity contribution is 5.91. The van der Waals surface area contributed by atoms with Crippen molar-refractivity contribution in [2.45, 2.75) is 40.0 Å². The first-order chi connectivity index (χ1) is 16.5. The molecule has 194 valence electrons. The molecule has 0 saturated carbocycles. The zero-order valence-corrected chi connectivity index (χ0v) is 20.6. The van der Waals surface area contributed by atoms with Crippen molar-refractivity contribution < 1.29 is 43.6 Å². The van der Waals surface area contributed by atoms with E-state index in [1.165, 1.54) is 31.2 Å². The van der Waals surface area contributed by atoms with Crippen LogP contribution in [0.5, 0.6) is 0 Å². The Balaban J connectivity index is -0.000000456. The first-order valence-electron chi connectivity index (χ1n) is 10.6. The number of esters is 3. The molecule has 10 nitrogen and oxygen atoms in total. The number of nitriles is 1. The van der Waals surface area contributed by atoms with Gasteiger partial charge in [0.25, 0.3) is 0 Å². The Labute approximate surface area is 206 Å². The Hall–Kier alpha value is -3.97. The molecule has 0 aromatic carbocycles. The molecule has 0 atom stereocenters. The third kappa shape index (κ3) is 24.5. The van der Waals surface area contributed by atoms with Gasteiger partial charge < -0.3 is 24.4 Å². The lowest BCUT2D eigenvalue weighted by atomic mass is 10.1. The third-order valence-electron chi connectivity index (χ3n) is 3.41. The van der Waals surface area contributed by atoms with E-state index in [2.05, 4.69) is 33.9 Å². The number of carbonyl (C=O) groups is 4. The first-order valence-corrected chi connectivity index (χ1v) is 10.6. The van der Waals surface area contributed by atoms with Crippen LogP contribution < -0.4 is 0 Å².